The zero-order valence-electron chi connectivity index (χ0n) is 14.7. The summed E-state index contributed by atoms with van der Waals surface area (Å²) in [6.45, 7) is 5.84. The van der Waals surface area contributed by atoms with Crippen molar-refractivity contribution in [2.75, 3.05) is 5.32 Å². The summed E-state index contributed by atoms with van der Waals surface area (Å²) in [5.74, 6) is 1.62. The van der Waals surface area contributed by atoms with Gasteiger partial charge in [-0.2, -0.15) is 5.10 Å². The van der Waals surface area contributed by atoms with E-state index >= 15 is 0 Å². The number of nitrogens with zero attached hydrogens (tertiary/aromatic N) is 2. The van der Waals surface area contributed by atoms with Crippen molar-refractivity contribution in [2.45, 2.75) is 39.7 Å². The van der Waals surface area contributed by atoms with Crippen LogP contribution < -0.4 is 10.6 Å². The van der Waals surface area contributed by atoms with Gasteiger partial charge >= 0.3 is 0 Å². The molecule has 7 heteroatoms. The van der Waals surface area contributed by atoms with E-state index in [4.69, 9.17) is 0 Å². The van der Waals surface area contributed by atoms with Crippen molar-refractivity contribution in [2.24, 2.45) is 11.8 Å². The number of hydrogen-bond donors (Lipinski definition) is 3. The SMILES string of the molecule is CC[C@H](NC(=O)c1cccc(NC(=O)[C@H]2C[C@H]2C)c1)c1n[nH]c(C)n1. The van der Waals surface area contributed by atoms with Crippen LogP contribution in [0.15, 0.2) is 24.3 Å². The third-order valence-corrected chi connectivity index (χ3v) is 4.48. The molecule has 1 aliphatic carbocycles. The van der Waals surface area contributed by atoms with Crippen molar-refractivity contribution >= 4 is 17.5 Å². The van der Waals surface area contributed by atoms with Gasteiger partial charge in [0.25, 0.3) is 5.91 Å². The van der Waals surface area contributed by atoms with Crippen molar-refractivity contribution in [1.82, 2.24) is 20.5 Å². The topological polar surface area (TPSA) is 99.8 Å². The number of amides is 2. The first-order chi connectivity index (χ1) is 12.0. The molecule has 3 atom stereocenters. The quantitative estimate of drug-likeness (QED) is 0.752. The van der Waals surface area contributed by atoms with Gasteiger partial charge in [0.15, 0.2) is 5.82 Å². The molecular formula is C18H23N5O2. The van der Waals surface area contributed by atoms with E-state index in [9.17, 15) is 9.59 Å². The molecule has 1 fully saturated rings. The number of H-pyrrole nitrogens is 1. The lowest BCUT2D eigenvalue weighted by molar-refractivity contribution is -0.117. The van der Waals surface area contributed by atoms with Crippen LogP contribution in [-0.2, 0) is 4.79 Å². The van der Waals surface area contributed by atoms with Gasteiger partial charge in [0.2, 0.25) is 5.91 Å². The average molecular weight is 341 g/mol. The van der Waals surface area contributed by atoms with Gasteiger partial charge in [0, 0.05) is 17.2 Å². The van der Waals surface area contributed by atoms with Gasteiger partial charge in [-0.1, -0.05) is 19.9 Å². The molecule has 1 saturated carbocycles. The first kappa shape index (κ1) is 17.1. The molecule has 1 heterocycles. The van der Waals surface area contributed by atoms with Crippen molar-refractivity contribution < 1.29 is 9.59 Å². The molecule has 2 amide bonds. The fourth-order valence-corrected chi connectivity index (χ4v) is 2.77. The lowest BCUT2D eigenvalue weighted by Gasteiger charge is -2.14. The summed E-state index contributed by atoms with van der Waals surface area (Å²) in [5.41, 5.74) is 1.13. The van der Waals surface area contributed by atoms with Crippen molar-refractivity contribution in [1.29, 1.82) is 0 Å². The fourth-order valence-electron chi connectivity index (χ4n) is 2.77. The molecule has 0 aliphatic heterocycles. The van der Waals surface area contributed by atoms with E-state index in [1.807, 2.05) is 13.8 Å². The van der Waals surface area contributed by atoms with E-state index in [1.54, 1.807) is 24.3 Å². The summed E-state index contributed by atoms with van der Waals surface area (Å²) in [6.07, 6.45) is 1.61. The fraction of sp³-hybridized carbons (Fsp3) is 0.444. The Morgan fingerprint density at radius 3 is 2.76 bits per heavy atom. The zero-order chi connectivity index (χ0) is 18.0. The zero-order valence-corrected chi connectivity index (χ0v) is 14.7. The van der Waals surface area contributed by atoms with E-state index in [-0.39, 0.29) is 23.8 Å². The van der Waals surface area contributed by atoms with E-state index < -0.39 is 0 Å². The molecule has 2 aromatic rings. The molecule has 7 nitrogen and oxygen atoms in total. The Morgan fingerprint density at radius 1 is 1.40 bits per heavy atom. The van der Waals surface area contributed by atoms with E-state index in [1.165, 1.54) is 0 Å². The van der Waals surface area contributed by atoms with Crippen LogP contribution in [0.2, 0.25) is 0 Å². The van der Waals surface area contributed by atoms with Crippen LogP contribution in [0.5, 0.6) is 0 Å². The molecule has 25 heavy (non-hydrogen) atoms. The monoisotopic (exact) mass is 341 g/mol. The number of hydrogen-bond acceptors (Lipinski definition) is 4. The predicted octanol–water partition coefficient (Wildman–Crippen LogP) is 2.59. The molecule has 3 N–H and O–H groups in total. The summed E-state index contributed by atoms with van der Waals surface area (Å²) in [4.78, 5) is 28.9. The van der Waals surface area contributed by atoms with E-state index in [2.05, 4.69) is 32.7 Å². The van der Waals surface area contributed by atoms with Crippen molar-refractivity contribution in [3.05, 3.63) is 41.5 Å². The first-order valence-corrected chi connectivity index (χ1v) is 8.58. The number of aromatic nitrogens is 3. The maximum Gasteiger partial charge on any atom is 0.251 e. The Labute approximate surface area is 146 Å². The molecule has 1 aromatic carbocycles. The standard InChI is InChI=1S/C18H23N5O2/c1-4-15(16-19-11(3)22-23-16)21-17(24)12-6-5-7-13(9-12)20-18(25)14-8-10(14)2/h5-7,9-10,14-15H,4,8H2,1-3H3,(H,20,25)(H,21,24)(H,19,22,23)/t10-,14+,15+/m1/s1. The normalized spacial score (nSPS) is 20.0. The highest BCUT2D eigenvalue weighted by Gasteiger charge is 2.39. The number of aryl methyl sites for hydroxylation is 1. The molecular weight excluding hydrogens is 318 g/mol. The third-order valence-electron chi connectivity index (χ3n) is 4.48. The van der Waals surface area contributed by atoms with Gasteiger partial charge in [0.1, 0.15) is 5.82 Å². The number of anilines is 1. The Morgan fingerprint density at radius 2 is 2.16 bits per heavy atom. The van der Waals surface area contributed by atoms with E-state index in [0.29, 0.717) is 35.2 Å². The summed E-state index contributed by atoms with van der Waals surface area (Å²) in [5, 5.41) is 12.7. The van der Waals surface area contributed by atoms with Gasteiger partial charge in [0.05, 0.1) is 6.04 Å². The molecule has 1 aromatic heterocycles. The second-order valence-electron chi connectivity index (χ2n) is 6.60. The number of carbonyl (C=O) groups excluding carboxylic acids is 2. The minimum Gasteiger partial charge on any atom is -0.342 e. The molecule has 0 spiro atoms. The molecule has 132 valence electrons. The van der Waals surface area contributed by atoms with Gasteiger partial charge in [-0.15, -0.1) is 0 Å². The van der Waals surface area contributed by atoms with Gasteiger partial charge in [-0.25, -0.2) is 4.98 Å². The average Bonchev–Trinajstić information content (AvgIpc) is 3.18. The molecule has 0 bridgehead atoms. The highest BCUT2D eigenvalue weighted by atomic mass is 16.2. The lowest BCUT2D eigenvalue weighted by atomic mass is 10.1. The summed E-state index contributed by atoms with van der Waals surface area (Å²) in [7, 11) is 0. The Kier molecular flexibility index (Phi) is 4.83. The van der Waals surface area contributed by atoms with Crippen LogP contribution in [0.25, 0.3) is 0 Å². The van der Waals surface area contributed by atoms with Crippen molar-refractivity contribution in [3.8, 4) is 0 Å². The number of carbonyl (C=O) groups is 2. The number of benzene rings is 1. The number of aromatic amines is 1. The lowest BCUT2D eigenvalue weighted by Crippen LogP contribution is -2.29. The largest absolute Gasteiger partial charge is 0.342 e. The summed E-state index contributed by atoms with van der Waals surface area (Å²) in [6, 6.07) is 6.70. The van der Waals surface area contributed by atoms with Crippen LogP contribution >= 0.6 is 0 Å². The predicted molar refractivity (Wildman–Crippen MR) is 94.0 cm³/mol. The summed E-state index contributed by atoms with van der Waals surface area (Å²) >= 11 is 0. The smallest absolute Gasteiger partial charge is 0.251 e. The second-order valence-corrected chi connectivity index (χ2v) is 6.60. The van der Waals surface area contributed by atoms with Crippen LogP contribution in [0.1, 0.15) is 54.7 Å². The third kappa shape index (κ3) is 4.04. The summed E-state index contributed by atoms with van der Waals surface area (Å²) < 4.78 is 0. The highest BCUT2D eigenvalue weighted by molar-refractivity contribution is 5.98. The Bertz CT molecular complexity index is 785. The van der Waals surface area contributed by atoms with Crippen LogP contribution in [0, 0.1) is 18.8 Å². The molecule has 0 unspecified atom stereocenters. The Balaban J connectivity index is 1.67. The second kappa shape index (κ2) is 7.04. The van der Waals surface area contributed by atoms with Gasteiger partial charge in [-0.05, 0) is 43.9 Å². The first-order valence-electron chi connectivity index (χ1n) is 8.58. The molecule has 3 rings (SSSR count). The van der Waals surface area contributed by atoms with Gasteiger partial charge < -0.3 is 10.6 Å². The minimum absolute atomic E-state index is 0.0210. The maximum absolute atomic E-state index is 12.5. The molecule has 0 radical (unpaired) electrons. The van der Waals surface area contributed by atoms with Crippen LogP contribution in [0.4, 0.5) is 5.69 Å². The number of nitrogens with one attached hydrogen (secondary N) is 3. The highest BCUT2D eigenvalue weighted by Crippen LogP contribution is 2.38. The van der Waals surface area contributed by atoms with Crippen LogP contribution in [-0.4, -0.2) is 27.0 Å². The maximum atomic E-state index is 12.5. The minimum atomic E-state index is -0.261. The van der Waals surface area contributed by atoms with Gasteiger partial charge in [-0.3, -0.25) is 14.7 Å². The van der Waals surface area contributed by atoms with Crippen LogP contribution in [0.3, 0.4) is 0 Å². The van der Waals surface area contributed by atoms with E-state index in [0.717, 1.165) is 6.42 Å². The number of rotatable bonds is 6. The Hall–Kier alpha value is -2.70. The molecule has 1 aliphatic rings. The molecule has 0 saturated heterocycles. The van der Waals surface area contributed by atoms with Crippen molar-refractivity contribution in [3.63, 3.8) is 0 Å².